The minimum atomic E-state index is -0.573. The lowest BCUT2D eigenvalue weighted by Gasteiger charge is -2.19. The van der Waals surface area contributed by atoms with Crippen LogP contribution in [0.1, 0.15) is 43.1 Å². The molecule has 2 aromatic heterocycles. The second kappa shape index (κ2) is 5.98. The molecule has 0 aliphatic heterocycles. The van der Waals surface area contributed by atoms with E-state index >= 15 is 0 Å². The standard InChI is InChI=1S/C16H20N6O3/c1-9-17-15(22(24)25)7-21(9)8-16(23)18-14-6-13(19-20-14)12-5-10-2-3-11(12)4-10/h6-7,10-12H,2-5,8H2,1H3,(H2,18,19,20,23). The van der Waals surface area contributed by atoms with Crippen LogP contribution in [-0.4, -0.2) is 30.6 Å². The highest BCUT2D eigenvalue weighted by atomic mass is 16.6. The Morgan fingerprint density at radius 2 is 2.32 bits per heavy atom. The molecule has 0 saturated heterocycles. The molecule has 9 nitrogen and oxygen atoms in total. The second-order valence-corrected chi connectivity index (χ2v) is 7.07. The number of nitrogens with one attached hydrogen (secondary N) is 2. The number of anilines is 1. The van der Waals surface area contributed by atoms with Crippen molar-refractivity contribution in [2.24, 2.45) is 11.8 Å². The van der Waals surface area contributed by atoms with Crippen molar-refractivity contribution < 1.29 is 9.72 Å². The van der Waals surface area contributed by atoms with Crippen molar-refractivity contribution in [3.63, 3.8) is 0 Å². The number of nitro groups is 1. The number of nitrogens with zero attached hydrogens (tertiary/aromatic N) is 4. The summed E-state index contributed by atoms with van der Waals surface area (Å²) in [6.45, 7) is 1.59. The molecule has 25 heavy (non-hydrogen) atoms. The average Bonchev–Trinajstić information content (AvgIpc) is 3.32. The fourth-order valence-electron chi connectivity index (χ4n) is 4.29. The molecule has 132 valence electrons. The number of aryl methyl sites for hydroxylation is 1. The van der Waals surface area contributed by atoms with E-state index < -0.39 is 4.92 Å². The van der Waals surface area contributed by atoms with E-state index in [1.807, 2.05) is 6.07 Å². The normalized spacial score (nSPS) is 24.6. The van der Waals surface area contributed by atoms with Crippen LogP contribution in [0.15, 0.2) is 12.3 Å². The number of carbonyl (C=O) groups is 1. The van der Waals surface area contributed by atoms with Crippen LogP contribution in [0.2, 0.25) is 0 Å². The van der Waals surface area contributed by atoms with Crippen molar-refractivity contribution in [2.45, 2.75) is 45.1 Å². The Kier molecular flexibility index (Phi) is 3.78. The smallest absolute Gasteiger partial charge is 0.358 e. The van der Waals surface area contributed by atoms with E-state index in [9.17, 15) is 14.9 Å². The summed E-state index contributed by atoms with van der Waals surface area (Å²) in [4.78, 5) is 26.2. The minimum absolute atomic E-state index is 0.0387. The maximum Gasteiger partial charge on any atom is 0.381 e. The van der Waals surface area contributed by atoms with Gasteiger partial charge in [-0.2, -0.15) is 5.10 Å². The molecule has 2 aliphatic rings. The Morgan fingerprint density at radius 3 is 2.96 bits per heavy atom. The van der Waals surface area contributed by atoms with Gasteiger partial charge in [0.05, 0.1) is 0 Å². The quantitative estimate of drug-likeness (QED) is 0.637. The fourth-order valence-corrected chi connectivity index (χ4v) is 4.29. The van der Waals surface area contributed by atoms with Crippen molar-refractivity contribution in [3.05, 3.63) is 33.9 Å². The summed E-state index contributed by atoms with van der Waals surface area (Å²) in [5.74, 6) is 2.47. The van der Waals surface area contributed by atoms with Crippen LogP contribution in [0.5, 0.6) is 0 Å². The molecule has 0 aromatic carbocycles. The van der Waals surface area contributed by atoms with Gasteiger partial charge in [0.15, 0.2) is 5.82 Å². The van der Waals surface area contributed by atoms with Crippen LogP contribution >= 0.6 is 0 Å². The minimum Gasteiger partial charge on any atom is -0.358 e. The number of H-pyrrole nitrogens is 1. The molecule has 4 rings (SSSR count). The summed E-state index contributed by atoms with van der Waals surface area (Å²) in [7, 11) is 0. The van der Waals surface area contributed by atoms with Crippen LogP contribution in [-0.2, 0) is 11.3 Å². The van der Waals surface area contributed by atoms with Gasteiger partial charge in [-0.1, -0.05) is 6.42 Å². The Balaban J connectivity index is 1.39. The molecule has 2 aliphatic carbocycles. The van der Waals surface area contributed by atoms with Gasteiger partial charge in [0.25, 0.3) is 0 Å². The molecular formula is C16H20N6O3. The number of imidazole rings is 1. The highest BCUT2D eigenvalue weighted by Crippen LogP contribution is 2.52. The summed E-state index contributed by atoms with van der Waals surface area (Å²) in [6.07, 6.45) is 6.41. The molecule has 0 radical (unpaired) electrons. The third kappa shape index (κ3) is 3.01. The molecule has 0 spiro atoms. The van der Waals surface area contributed by atoms with Crippen molar-refractivity contribution in [1.82, 2.24) is 19.7 Å². The van der Waals surface area contributed by atoms with Crippen LogP contribution in [0, 0.1) is 28.9 Å². The zero-order valence-corrected chi connectivity index (χ0v) is 13.9. The van der Waals surface area contributed by atoms with Gasteiger partial charge in [-0.25, -0.2) is 0 Å². The molecule has 2 aromatic rings. The molecule has 2 heterocycles. The topological polar surface area (TPSA) is 119 Å². The lowest BCUT2D eigenvalue weighted by Crippen LogP contribution is -2.19. The van der Waals surface area contributed by atoms with Crippen LogP contribution in [0.25, 0.3) is 0 Å². The molecule has 9 heteroatoms. The lowest BCUT2D eigenvalue weighted by atomic mass is 9.86. The molecule has 3 unspecified atom stereocenters. The SMILES string of the molecule is Cc1nc([N+](=O)[O-])cn1CC(=O)Nc1cc(C2CC3CCC2C3)[nH]n1. The van der Waals surface area contributed by atoms with Gasteiger partial charge in [0.2, 0.25) is 11.7 Å². The number of aromatic amines is 1. The second-order valence-electron chi connectivity index (χ2n) is 7.07. The third-order valence-corrected chi connectivity index (χ3v) is 5.47. The van der Waals surface area contributed by atoms with Crippen LogP contribution in [0.3, 0.4) is 0 Å². The monoisotopic (exact) mass is 344 g/mol. The largest absolute Gasteiger partial charge is 0.381 e. The summed E-state index contributed by atoms with van der Waals surface area (Å²) in [5.41, 5.74) is 1.09. The number of hydrogen-bond acceptors (Lipinski definition) is 5. The highest BCUT2D eigenvalue weighted by molar-refractivity contribution is 5.89. The van der Waals surface area contributed by atoms with Crippen molar-refractivity contribution in [3.8, 4) is 0 Å². The van der Waals surface area contributed by atoms with Gasteiger partial charge < -0.3 is 15.4 Å². The fraction of sp³-hybridized carbons (Fsp3) is 0.562. The van der Waals surface area contributed by atoms with Gasteiger partial charge in [-0.15, -0.1) is 0 Å². The van der Waals surface area contributed by atoms with Crippen LogP contribution < -0.4 is 5.32 Å². The Labute approximate surface area is 144 Å². The number of amides is 1. The van der Waals surface area contributed by atoms with E-state index in [1.54, 1.807) is 6.92 Å². The summed E-state index contributed by atoms with van der Waals surface area (Å²) in [5, 5.41) is 20.7. The van der Waals surface area contributed by atoms with Crippen molar-refractivity contribution in [1.29, 1.82) is 0 Å². The van der Waals surface area contributed by atoms with Gasteiger partial charge in [-0.3, -0.25) is 14.5 Å². The highest BCUT2D eigenvalue weighted by Gasteiger charge is 2.40. The zero-order chi connectivity index (χ0) is 17.6. The first kappa shape index (κ1) is 15.8. The molecule has 1 amide bonds. The zero-order valence-electron chi connectivity index (χ0n) is 13.9. The van der Waals surface area contributed by atoms with Gasteiger partial charge in [0, 0.05) is 24.6 Å². The maximum atomic E-state index is 12.2. The van der Waals surface area contributed by atoms with Gasteiger partial charge in [-0.05, 0) is 41.0 Å². The predicted octanol–water partition coefficient (Wildman–Crippen LogP) is 2.37. The van der Waals surface area contributed by atoms with E-state index in [0.717, 1.165) is 17.5 Å². The molecular weight excluding hydrogens is 324 g/mol. The third-order valence-electron chi connectivity index (χ3n) is 5.47. The van der Waals surface area contributed by atoms with E-state index in [-0.39, 0.29) is 18.3 Å². The molecule has 2 fully saturated rings. The van der Waals surface area contributed by atoms with E-state index in [2.05, 4.69) is 20.5 Å². The maximum absolute atomic E-state index is 12.2. The molecule has 2 bridgehead atoms. The number of fused-ring (bicyclic) bond motifs is 2. The first-order valence-corrected chi connectivity index (χ1v) is 8.53. The number of hydrogen-bond donors (Lipinski definition) is 2. The Morgan fingerprint density at radius 1 is 1.48 bits per heavy atom. The number of rotatable bonds is 5. The van der Waals surface area contributed by atoms with Crippen LogP contribution in [0.4, 0.5) is 11.6 Å². The molecule has 2 N–H and O–H groups in total. The average molecular weight is 344 g/mol. The number of aromatic nitrogens is 4. The Bertz CT molecular complexity index is 826. The summed E-state index contributed by atoms with van der Waals surface area (Å²) >= 11 is 0. The summed E-state index contributed by atoms with van der Waals surface area (Å²) < 4.78 is 1.46. The van der Waals surface area contributed by atoms with Gasteiger partial charge in [0.1, 0.15) is 12.7 Å². The van der Waals surface area contributed by atoms with Crippen molar-refractivity contribution in [2.75, 3.05) is 5.32 Å². The lowest BCUT2D eigenvalue weighted by molar-refractivity contribution is -0.389. The number of carbonyl (C=O) groups excluding carboxylic acids is 1. The first-order chi connectivity index (χ1) is 12.0. The van der Waals surface area contributed by atoms with E-state index in [4.69, 9.17) is 0 Å². The van der Waals surface area contributed by atoms with E-state index in [0.29, 0.717) is 17.6 Å². The molecule has 2 saturated carbocycles. The summed E-state index contributed by atoms with van der Waals surface area (Å²) in [6, 6.07) is 1.91. The predicted molar refractivity (Wildman–Crippen MR) is 89.0 cm³/mol. The van der Waals surface area contributed by atoms with Crippen molar-refractivity contribution >= 4 is 17.5 Å². The van der Waals surface area contributed by atoms with E-state index in [1.165, 1.54) is 36.4 Å². The van der Waals surface area contributed by atoms with Gasteiger partial charge >= 0.3 is 5.82 Å². The molecule has 3 atom stereocenters. The Hall–Kier alpha value is -2.71. The first-order valence-electron chi connectivity index (χ1n) is 8.53.